The van der Waals surface area contributed by atoms with E-state index in [2.05, 4.69) is 52.0 Å². The summed E-state index contributed by atoms with van der Waals surface area (Å²) in [6.45, 7) is 3.07. The van der Waals surface area contributed by atoms with E-state index in [-0.39, 0.29) is 0 Å². The number of nitrogens with zero attached hydrogens (tertiary/aromatic N) is 6. The van der Waals surface area contributed by atoms with Gasteiger partial charge in [-0.05, 0) is 43.0 Å². The van der Waals surface area contributed by atoms with Crippen LogP contribution in [0.25, 0.3) is 16.1 Å². The molecule has 4 aromatic heterocycles. The van der Waals surface area contributed by atoms with E-state index < -0.39 is 0 Å². The summed E-state index contributed by atoms with van der Waals surface area (Å²) < 4.78 is 3.80. The van der Waals surface area contributed by atoms with E-state index in [1.165, 1.54) is 22.4 Å². The second kappa shape index (κ2) is 6.90. The van der Waals surface area contributed by atoms with Gasteiger partial charge in [-0.2, -0.15) is 10.2 Å². The minimum Gasteiger partial charge on any atom is -0.298 e. The number of hydrogen-bond acceptors (Lipinski definition) is 5. The molecule has 27 heavy (non-hydrogen) atoms. The standard InChI is InChI=1S/C20H22N6S/c1-24-11-15(10-21-24)12-25-8-2-4-17(13-25)20-22-19-7-6-16(14-26(19)23-20)18-5-3-9-27-18/h3,5-7,9-11,14,17H,2,4,8,12-13H2,1H3. The lowest BCUT2D eigenvalue weighted by molar-refractivity contribution is 0.196. The van der Waals surface area contributed by atoms with Crippen molar-refractivity contribution in [3.63, 3.8) is 0 Å². The van der Waals surface area contributed by atoms with Gasteiger partial charge in [-0.3, -0.25) is 9.58 Å². The summed E-state index contributed by atoms with van der Waals surface area (Å²) in [6.07, 6.45) is 8.48. The van der Waals surface area contributed by atoms with E-state index in [0.717, 1.165) is 37.5 Å². The van der Waals surface area contributed by atoms with Gasteiger partial charge in [-0.1, -0.05) is 6.07 Å². The summed E-state index contributed by atoms with van der Waals surface area (Å²) >= 11 is 1.75. The second-order valence-electron chi connectivity index (χ2n) is 7.26. The summed E-state index contributed by atoms with van der Waals surface area (Å²) in [4.78, 5) is 8.57. The second-order valence-corrected chi connectivity index (χ2v) is 8.21. The fraction of sp³-hybridized carbons (Fsp3) is 0.350. The van der Waals surface area contributed by atoms with Gasteiger partial charge in [-0.15, -0.1) is 11.3 Å². The zero-order valence-corrected chi connectivity index (χ0v) is 16.1. The summed E-state index contributed by atoms with van der Waals surface area (Å²) in [7, 11) is 1.97. The van der Waals surface area contributed by atoms with Gasteiger partial charge in [0.15, 0.2) is 11.5 Å². The van der Waals surface area contributed by atoms with E-state index in [1.807, 2.05) is 22.4 Å². The average Bonchev–Trinajstić information content (AvgIpc) is 3.42. The molecule has 7 heteroatoms. The van der Waals surface area contributed by atoms with E-state index in [4.69, 9.17) is 10.1 Å². The first-order chi connectivity index (χ1) is 13.2. The molecule has 0 N–H and O–H groups in total. The van der Waals surface area contributed by atoms with Crippen LogP contribution in [0.3, 0.4) is 0 Å². The highest BCUT2D eigenvalue weighted by molar-refractivity contribution is 7.13. The van der Waals surface area contributed by atoms with Crippen LogP contribution < -0.4 is 0 Å². The number of aryl methyl sites for hydroxylation is 1. The third-order valence-corrected chi connectivity index (χ3v) is 6.11. The number of thiophene rings is 1. The van der Waals surface area contributed by atoms with E-state index >= 15 is 0 Å². The predicted octanol–water partition coefficient (Wildman–Crippen LogP) is 3.57. The van der Waals surface area contributed by atoms with Crippen molar-refractivity contribution in [2.45, 2.75) is 25.3 Å². The Hall–Kier alpha value is -2.51. The van der Waals surface area contributed by atoms with E-state index in [9.17, 15) is 0 Å². The largest absolute Gasteiger partial charge is 0.298 e. The highest BCUT2D eigenvalue weighted by Gasteiger charge is 2.25. The number of piperidine rings is 1. The van der Waals surface area contributed by atoms with E-state index in [0.29, 0.717) is 5.92 Å². The summed E-state index contributed by atoms with van der Waals surface area (Å²) in [5.41, 5.74) is 3.38. The lowest BCUT2D eigenvalue weighted by Gasteiger charge is -2.30. The summed E-state index contributed by atoms with van der Waals surface area (Å²) in [5.74, 6) is 1.36. The van der Waals surface area contributed by atoms with Crippen LogP contribution in [0.1, 0.15) is 30.1 Å². The molecule has 0 radical (unpaired) electrons. The molecule has 6 nitrogen and oxygen atoms in total. The molecule has 4 aromatic rings. The number of rotatable bonds is 4. The quantitative estimate of drug-likeness (QED) is 0.545. The molecule has 0 aromatic carbocycles. The first-order valence-corrected chi connectivity index (χ1v) is 10.2. The maximum Gasteiger partial charge on any atom is 0.156 e. The number of fused-ring (bicyclic) bond motifs is 1. The molecule has 5 rings (SSSR count). The fourth-order valence-electron chi connectivity index (χ4n) is 3.88. The van der Waals surface area contributed by atoms with Crippen molar-refractivity contribution in [2.75, 3.05) is 13.1 Å². The monoisotopic (exact) mass is 378 g/mol. The molecular formula is C20H22N6S. The van der Waals surface area contributed by atoms with Gasteiger partial charge < -0.3 is 0 Å². The topological polar surface area (TPSA) is 51.2 Å². The van der Waals surface area contributed by atoms with Crippen molar-refractivity contribution in [1.82, 2.24) is 29.3 Å². The number of aromatic nitrogens is 5. The molecule has 1 atom stereocenters. The van der Waals surface area contributed by atoms with Crippen molar-refractivity contribution < 1.29 is 0 Å². The molecule has 1 saturated heterocycles. The van der Waals surface area contributed by atoms with Crippen LogP contribution in [0, 0.1) is 0 Å². The average molecular weight is 379 g/mol. The Morgan fingerprint density at radius 1 is 1.22 bits per heavy atom. The molecule has 0 spiro atoms. The molecule has 5 heterocycles. The molecule has 1 aliphatic heterocycles. The third kappa shape index (κ3) is 3.40. The molecule has 0 amide bonds. The lowest BCUT2D eigenvalue weighted by Crippen LogP contribution is -2.34. The van der Waals surface area contributed by atoms with Crippen molar-refractivity contribution in [2.24, 2.45) is 7.05 Å². The van der Waals surface area contributed by atoms with Crippen molar-refractivity contribution in [3.8, 4) is 10.4 Å². The van der Waals surface area contributed by atoms with Crippen LogP contribution in [0.4, 0.5) is 0 Å². The Kier molecular flexibility index (Phi) is 4.26. The fourth-order valence-corrected chi connectivity index (χ4v) is 4.60. The van der Waals surface area contributed by atoms with Crippen molar-refractivity contribution in [3.05, 3.63) is 59.6 Å². The van der Waals surface area contributed by atoms with Gasteiger partial charge in [0, 0.05) is 54.5 Å². The zero-order chi connectivity index (χ0) is 18.2. The SMILES string of the molecule is Cn1cc(CN2CCCC(c3nc4ccc(-c5cccs5)cn4n3)C2)cn1. The maximum absolute atomic E-state index is 4.82. The van der Waals surface area contributed by atoms with Crippen LogP contribution in [0.2, 0.25) is 0 Å². The molecule has 0 aliphatic carbocycles. The van der Waals surface area contributed by atoms with Crippen LogP contribution >= 0.6 is 11.3 Å². The van der Waals surface area contributed by atoms with Crippen LogP contribution in [-0.2, 0) is 13.6 Å². The van der Waals surface area contributed by atoms with Gasteiger partial charge in [0.05, 0.1) is 6.20 Å². The van der Waals surface area contributed by atoms with Crippen LogP contribution in [0.5, 0.6) is 0 Å². The lowest BCUT2D eigenvalue weighted by atomic mass is 9.97. The minimum atomic E-state index is 0.389. The molecule has 0 saturated carbocycles. The first-order valence-electron chi connectivity index (χ1n) is 9.35. The Morgan fingerprint density at radius 3 is 3.00 bits per heavy atom. The Bertz CT molecular complexity index is 1050. The smallest absolute Gasteiger partial charge is 0.156 e. The Labute approximate surface area is 162 Å². The van der Waals surface area contributed by atoms with Crippen molar-refractivity contribution in [1.29, 1.82) is 0 Å². The number of hydrogen-bond donors (Lipinski definition) is 0. The van der Waals surface area contributed by atoms with Crippen molar-refractivity contribution >= 4 is 17.0 Å². The highest BCUT2D eigenvalue weighted by atomic mass is 32.1. The summed E-state index contributed by atoms with van der Waals surface area (Å²) in [5, 5.41) is 11.2. The predicted molar refractivity (Wildman–Crippen MR) is 107 cm³/mol. The van der Waals surface area contributed by atoms with Gasteiger partial charge in [0.25, 0.3) is 0 Å². The third-order valence-electron chi connectivity index (χ3n) is 5.19. The molecule has 1 fully saturated rings. The van der Waals surface area contributed by atoms with Crippen LogP contribution in [-0.4, -0.2) is 42.4 Å². The minimum absolute atomic E-state index is 0.389. The summed E-state index contributed by atoms with van der Waals surface area (Å²) in [6, 6.07) is 8.42. The Morgan fingerprint density at radius 2 is 2.19 bits per heavy atom. The number of likely N-dealkylation sites (tertiary alicyclic amines) is 1. The molecule has 0 bridgehead atoms. The maximum atomic E-state index is 4.82. The van der Waals surface area contributed by atoms with Gasteiger partial charge in [-0.25, -0.2) is 9.50 Å². The van der Waals surface area contributed by atoms with E-state index in [1.54, 1.807) is 11.3 Å². The molecular weight excluding hydrogens is 356 g/mol. The Balaban J connectivity index is 1.36. The first kappa shape index (κ1) is 16.6. The van der Waals surface area contributed by atoms with Gasteiger partial charge in [0.2, 0.25) is 0 Å². The van der Waals surface area contributed by atoms with Gasteiger partial charge >= 0.3 is 0 Å². The molecule has 138 valence electrons. The molecule has 1 aliphatic rings. The van der Waals surface area contributed by atoms with Crippen LogP contribution in [0.15, 0.2) is 48.2 Å². The number of pyridine rings is 1. The highest BCUT2D eigenvalue weighted by Crippen LogP contribution is 2.28. The van der Waals surface area contributed by atoms with Gasteiger partial charge in [0.1, 0.15) is 0 Å². The normalized spacial score (nSPS) is 18.3. The molecule has 1 unspecified atom stereocenters. The zero-order valence-electron chi connectivity index (χ0n) is 15.3.